The monoisotopic (exact) mass is 403 g/mol. The molecule has 3 unspecified atom stereocenters. The van der Waals surface area contributed by atoms with Crippen molar-refractivity contribution in [1.29, 1.82) is 0 Å². The second kappa shape index (κ2) is 8.51. The lowest BCUT2D eigenvalue weighted by atomic mass is 9.74. The zero-order valence-corrected chi connectivity index (χ0v) is 17.1. The van der Waals surface area contributed by atoms with E-state index in [1.54, 1.807) is 17.5 Å². The van der Waals surface area contributed by atoms with E-state index in [1.807, 2.05) is 18.4 Å². The maximum absolute atomic E-state index is 11.8. The summed E-state index contributed by atoms with van der Waals surface area (Å²) in [6.45, 7) is 3.42. The van der Waals surface area contributed by atoms with Gasteiger partial charge >= 0.3 is 5.97 Å². The first-order valence-corrected chi connectivity index (χ1v) is 11.1. The average molecular weight is 404 g/mol. The molecule has 0 spiro atoms. The average Bonchev–Trinajstić information content (AvgIpc) is 3.21. The van der Waals surface area contributed by atoms with E-state index in [2.05, 4.69) is 20.5 Å². The van der Waals surface area contributed by atoms with Gasteiger partial charge in [-0.25, -0.2) is 9.98 Å². The fourth-order valence-corrected chi connectivity index (χ4v) is 5.31. The van der Waals surface area contributed by atoms with Crippen molar-refractivity contribution in [3.63, 3.8) is 0 Å². The van der Waals surface area contributed by atoms with Gasteiger partial charge in [0.2, 0.25) is 5.96 Å². The van der Waals surface area contributed by atoms with Crippen molar-refractivity contribution in [3.05, 3.63) is 23.3 Å². The van der Waals surface area contributed by atoms with E-state index >= 15 is 0 Å². The molecule has 3 N–H and O–H groups in total. The minimum Gasteiger partial charge on any atom is -0.481 e. The van der Waals surface area contributed by atoms with Gasteiger partial charge in [0.1, 0.15) is 6.17 Å². The Balaban J connectivity index is 1.51. The first-order valence-electron chi connectivity index (χ1n) is 10.3. The zero-order chi connectivity index (χ0) is 19.5. The van der Waals surface area contributed by atoms with Crippen molar-refractivity contribution in [2.24, 2.45) is 22.7 Å². The Morgan fingerprint density at radius 2 is 2.11 bits per heavy atom. The van der Waals surface area contributed by atoms with E-state index < -0.39 is 5.97 Å². The Labute approximate surface area is 169 Å². The van der Waals surface area contributed by atoms with Gasteiger partial charge in [-0.05, 0) is 31.3 Å². The van der Waals surface area contributed by atoms with E-state index in [-0.39, 0.29) is 12.1 Å². The smallest absolute Gasteiger partial charge is 0.308 e. The second-order valence-corrected chi connectivity index (χ2v) is 9.08. The highest BCUT2D eigenvalue weighted by atomic mass is 32.1. The Bertz CT molecular complexity index is 742. The molecule has 152 valence electrons. The molecule has 1 saturated heterocycles. The van der Waals surface area contributed by atoms with Crippen LogP contribution in [0.1, 0.15) is 45.4 Å². The van der Waals surface area contributed by atoms with Crippen molar-refractivity contribution in [1.82, 2.24) is 15.2 Å². The topological polar surface area (TPSA) is 89.9 Å². The predicted molar refractivity (Wildman–Crippen MR) is 111 cm³/mol. The minimum absolute atomic E-state index is 0.194. The molecule has 3 atom stereocenters. The van der Waals surface area contributed by atoms with Gasteiger partial charge in [0.15, 0.2) is 5.13 Å². The van der Waals surface area contributed by atoms with E-state index in [0.717, 1.165) is 29.8 Å². The summed E-state index contributed by atoms with van der Waals surface area (Å²) < 4.78 is 0. The molecule has 1 aromatic heterocycles. The van der Waals surface area contributed by atoms with Gasteiger partial charge in [0, 0.05) is 30.4 Å². The van der Waals surface area contributed by atoms with Crippen LogP contribution in [0.25, 0.3) is 0 Å². The number of piperidine rings is 1. The van der Waals surface area contributed by atoms with Crippen LogP contribution in [0.2, 0.25) is 0 Å². The Hall–Kier alpha value is -2.09. The van der Waals surface area contributed by atoms with Crippen LogP contribution in [0.3, 0.4) is 0 Å². The molecule has 7 nitrogen and oxygen atoms in total. The summed E-state index contributed by atoms with van der Waals surface area (Å²) >= 11 is 1.55. The number of carboxylic acids is 1. The standard InChI is InChI=1S/C20H29N5O2S/c1-13-9-17(24-20-21-7-8-28-20)23-19(22-13)25-11-15(10-16(12-25)18(26)27)14-5-3-2-4-6-14/h7-9,14-17H,2-6,10-12H2,1H3,(H,21,24)(H,22,23)(H,26,27). The van der Waals surface area contributed by atoms with E-state index in [0.29, 0.717) is 18.4 Å². The molecule has 1 saturated carbocycles. The molecule has 28 heavy (non-hydrogen) atoms. The van der Waals surface area contributed by atoms with Gasteiger partial charge in [0.25, 0.3) is 0 Å². The van der Waals surface area contributed by atoms with Gasteiger partial charge in [-0.3, -0.25) is 4.79 Å². The lowest BCUT2D eigenvalue weighted by Gasteiger charge is -2.43. The Kier molecular flexibility index (Phi) is 5.85. The fraction of sp³-hybridized carbons (Fsp3) is 0.650. The normalized spacial score (nSPS) is 28.9. The number of nitrogens with zero attached hydrogens (tertiary/aromatic N) is 3. The highest BCUT2D eigenvalue weighted by Crippen LogP contribution is 2.36. The summed E-state index contributed by atoms with van der Waals surface area (Å²) in [7, 11) is 0. The molecule has 8 heteroatoms. The van der Waals surface area contributed by atoms with Crippen molar-refractivity contribution >= 4 is 28.4 Å². The maximum Gasteiger partial charge on any atom is 0.308 e. The van der Waals surface area contributed by atoms with Crippen LogP contribution in [0, 0.1) is 17.8 Å². The molecule has 3 heterocycles. The minimum atomic E-state index is -0.688. The number of likely N-dealkylation sites (tertiary alicyclic amines) is 1. The van der Waals surface area contributed by atoms with Crippen LogP contribution in [-0.2, 0) is 4.79 Å². The van der Waals surface area contributed by atoms with Crippen LogP contribution < -0.4 is 10.6 Å². The summed E-state index contributed by atoms with van der Waals surface area (Å²) in [4.78, 5) is 23.1. The quantitative estimate of drug-likeness (QED) is 0.714. The Morgan fingerprint density at radius 1 is 1.29 bits per heavy atom. The zero-order valence-electron chi connectivity index (χ0n) is 16.3. The first-order chi connectivity index (χ1) is 13.6. The van der Waals surface area contributed by atoms with Gasteiger partial charge in [0.05, 0.1) is 5.92 Å². The molecule has 4 rings (SSSR count). The van der Waals surface area contributed by atoms with E-state index in [9.17, 15) is 9.90 Å². The molecule has 3 aliphatic rings. The van der Waals surface area contributed by atoms with Gasteiger partial charge < -0.3 is 20.6 Å². The number of aliphatic imine (C=N–C) groups is 1. The maximum atomic E-state index is 11.8. The number of anilines is 1. The molecule has 1 aromatic rings. The number of allylic oxidation sites excluding steroid dienone is 1. The van der Waals surface area contributed by atoms with Gasteiger partial charge in [-0.2, -0.15) is 0 Å². The second-order valence-electron chi connectivity index (χ2n) is 8.19. The number of carboxylic acid groups (broad SMARTS) is 1. The molecule has 0 radical (unpaired) electrons. The van der Waals surface area contributed by atoms with Crippen LogP contribution in [0.15, 0.2) is 28.3 Å². The summed E-state index contributed by atoms with van der Waals surface area (Å²) in [6.07, 6.45) is 10.7. The third kappa shape index (κ3) is 4.48. The highest BCUT2D eigenvalue weighted by Gasteiger charge is 2.37. The lowest BCUT2D eigenvalue weighted by molar-refractivity contribution is -0.144. The number of carbonyl (C=O) groups is 1. The van der Waals surface area contributed by atoms with Crippen LogP contribution in [0.4, 0.5) is 5.13 Å². The number of aromatic nitrogens is 1. The molecule has 0 bridgehead atoms. The van der Waals surface area contributed by atoms with E-state index in [1.165, 1.54) is 32.1 Å². The third-order valence-electron chi connectivity index (χ3n) is 6.13. The fourth-order valence-electron chi connectivity index (χ4n) is 4.75. The molecule has 2 fully saturated rings. The summed E-state index contributed by atoms with van der Waals surface area (Å²) in [5.74, 6) is 0.828. The van der Waals surface area contributed by atoms with Gasteiger partial charge in [-0.15, -0.1) is 11.3 Å². The number of hydrogen-bond acceptors (Lipinski definition) is 7. The number of nitrogens with one attached hydrogen (secondary N) is 2. The molecular weight excluding hydrogens is 374 g/mol. The third-order valence-corrected chi connectivity index (χ3v) is 6.83. The molecular formula is C20H29N5O2S. The van der Waals surface area contributed by atoms with Crippen molar-refractivity contribution in [2.75, 3.05) is 18.4 Å². The summed E-state index contributed by atoms with van der Waals surface area (Å²) in [6, 6.07) is 0. The first kappa shape index (κ1) is 19.2. The molecule has 1 aliphatic carbocycles. The number of aliphatic carboxylic acids is 1. The van der Waals surface area contributed by atoms with Crippen molar-refractivity contribution < 1.29 is 9.90 Å². The predicted octanol–water partition coefficient (Wildman–Crippen LogP) is 3.35. The van der Waals surface area contributed by atoms with Crippen LogP contribution in [-0.4, -0.2) is 46.2 Å². The SMILES string of the molecule is CC1=CC(Nc2nccs2)N=C(N2CC(C(=O)O)CC(C3CCCCC3)C2)N1. The molecule has 0 aromatic carbocycles. The number of rotatable bonds is 4. The lowest BCUT2D eigenvalue weighted by Crippen LogP contribution is -2.53. The van der Waals surface area contributed by atoms with Crippen LogP contribution >= 0.6 is 11.3 Å². The Morgan fingerprint density at radius 3 is 2.82 bits per heavy atom. The number of thiazole rings is 1. The van der Waals surface area contributed by atoms with Crippen molar-refractivity contribution in [3.8, 4) is 0 Å². The summed E-state index contributed by atoms with van der Waals surface area (Å²) in [5.41, 5.74) is 1.02. The number of guanidine groups is 1. The highest BCUT2D eigenvalue weighted by molar-refractivity contribution is 7.13. The summed E-state index contributed by atoms with van der Waals surface area (Å²) in [5, 5.41) is 19.2. The largest absolute Gasteiger partial charge is 0.481 e. The van der Waals surface area contributed by atoms with E-state index in [4.69, 9.17) is 4.99 Å². The number of hydrogen-bond donors (Lipinski definition) is 3. The van der Waals surface area contributed by atoms with Gasteiger partial charge in [-0.1, -0.05) is 32.1 Å². The molecule has 0 amide bonds. The van der Waals surface area contributed by atoms with Crippen molar-refractivity contribution in [2.45, 2.75) is 51.6 Å². The molecule has 2 aliphatic heterocycles. The van der Waals surface area contributed by atoms with Crippen LogP contribution in [0.5, 0.6) is 0 Å².